The summed E-state index contributed by atoms with van der Waals surface area (Å²) in [6.07, 6.45) is 1.05. The number of aryl methyl sites for hydroxylation is 1. The lowest BCUT2D eigenvalue weighted by Crippen LogP contribution is -2.21. The van der Waals surface area contributed by atoms with Gasteiger partial charge in [0.2, 0.25) is 5.91 Å². The molecule has 0 saturated heterocycles. The van der Waals surface area contributed by atoms with Crippen LogP contribution in [0.5, 0.6) is 5.75 Å². The summed E-state index contributed by atoms with van der Waals surface area (Å²) >= 11 is 0. The number of primary amides is 1. The number of carboxylic acids is 1. The lowest BCUT2D eigenvalue weighted by atomic mass is 10.1. The van der Waals surface area contributed by atoms with Crippen molar-refractivity contribution in [1.29, 1.82) is 0 Å². The van der Waals surface area contributed by atoms with Crippen molar-refractivity contribution in [3.63, 3.8) is 0 Å². The Morgan fingerprint density at radius 1 is 0.966 bits per heavy atom. The molecule has 7 N–H and O–H groups in total. The van der Waals surface area contributed by atoms with Crippen LogP contribution >= 0.6 is 0 Å². The number of carbonyl (C=O) groups excluding carboxylic acids is 2. The fourth-order valence-electron chi connectivity index (χ4n) is 1.98. The molecule has 0 atom stereocenters. The minimum Gasteiger partial charge on any atom is -0.481 e. The fraction of sp³-hybridized carbons (Fsp3) is 0.200. The zero-order chi connectivity index (χ0) is 21.8. The molecular formula is C20H24N4O5. The number of amides is 1. The van der Waals surface area contributed by atoms with Crippen LogP contribution in [0, 0.1) is 0 Å². The molecule has 0 aliphatic rings. The second kappa shape index (κ2) is 11.8. The summed E-state index contributed by atoms with van der Waals surface area (Å²) in [4.78, 5) is 36.1. The van der Waals surface area contributed by atoms with Crippen molar-refractivity contribution in [2.45, 2.75) is 26.2 Å². The number of ether oxygens (including phenoxy) is 1. The van der Waals surface area contributed by atoms with E-state index in [9.17, 15) is 14.4 Å². The maximum atomic E-state index is 12.1. The first-order chi connectivity index (χ1) is 13.7. The Kier molecular flexibility index (Phi) is 9.39. The molecule has 0 saturated carbocycles. The molecule has 0 spiro atoms. The number of carboxylic acid groups (broad SMARTS) is 1. The Morgan fingerprint density at radius 3 is 1.97 bits per heavy atom. The van der Waals surface area contributed by atoms with E-state index in [2.05, 4.69) is 4.99 Å². The van der Waals surface area contributed by atoms with Crippen molar-refractivity contribution in [2.75, 3.05) is 0 Å². The number of esters is 1. The van der Waals surface area contributed by atoms with Crippen LogP contribution in [0.15, 0.2) is 53.5 Å². The van der Waals surface area contributed by atoms with Gasteiger partial charge >= 0.3 is 11.9 Å². The highest BCUT2D eigenvalue weighted by Crippen LogP contribution is 2.17. The molecule has 0 heterocycles. The summed E-state index contributed by atoms with van der Waals surface area (Å²) in [6, 6.07) is 13.3. The molecular weight excluding hydrogens is 376 g/mol. The van der Waals surface area contributed by atoms with Crippen LogP contribution < -0.4 is 21.9 Å². The van der Waals surface area contributed by atoms with E-state index < -0.39 is 11.9 Å². The van der Waals surface area contributed by atoms with E-state index in [1.54, 1.807) is 55.5 Å². The van der Waals surface area contributed by atoms with E-state index in [-0.39, 0.29) is 24.7 Å². The SMILES string of the molecule is CCC(=O)O.NC(=O)CCc1ccc(OC(=O)c2ccc(N=C(N)N)cc2)cc1. The molecule has 2 aromatic rings. The molecule has 0 aromatic heterocycles. The number of rotatable bonds is 7. The normalized spacial score (nSPS) is 9.55. The van der Waals surface area contributed by atoms with E-state index in [1.807, 2.05) is 0 Å². The third-order valence-electron chi connectivity index (χ3n) is 3.46. The summed E-state index contributed by atoms with van der Waals surface area (Å²) < 4.78 is 5.29. The number of benzene rings is 2. The zero-order valence-corrected chi connectivity index (χ0v) is 16.0. The van der Waals surface area contributed by atoms with Crippen LogP contribution in [0.25, 0.3) is 0 Å². The quantitative estimate of drug-likeness (QED) is 0.237. The van der Waals surface area contributed by atoms with Crippen LogP contribution in [-0.4, -0.2) is 28.9 Å². The summed E-state index contributed by atoms with van der Waals surface area (Å²) in [7, 11) is 0. The molecule has 9 nitrogen and oxygen atoms in total. The van der Waals surface area contributed by atoms with Crippen molar-refractivity contribution in [3.05, 3.63) is 59.7 Å². The number of guanidine groups is 1. The monoisotopic (exact) mass is 400 g/mol. The van der Waals surface area contributed by atoms with Crippen LogP contribution in [0.3, 0.4) is 0 Å². The van der Waals surface area contributed by atoms with Crippen molar-refractivity contribution in [2.24, 2.45) is 22.2 Å². The Bertz CT molecular complexity index is 857. The predicted octanol–water partition coefficient (Wildman–Crippen LogP) is 1.71. The van der Waals surface area contributed by atoms with Gasteiger partial charge in [0.15, 0.2) is 5.96 Å². The first-order valence-corrected chi connectivity index (χ1v) is 8.72. The van der Waals surface area contributed by atoms with Gasteiger partial charge in [-0.3, -0.25) is 9.59 Å². The average Bonchev–Trinajstić information content (AvgIpc) is 2.68. The lowest BCUT2D eigenvalue weighted by Gasteiger charge is -2.06. The van der Waals surface area contributed by atoms with E-state index in [4.69, 9.17) is 27.0 Å². The number of aliphatic imine (C=N–C) groups is 1. The Balaban J connectivity index is 0.000000749. The Morgan fingerprint density at radius 2 is 1.52 bits per heavy atom. The van der Waals surface area contributed by atoms with E-state index in [1.165, 1.54) is 0 Å². The fourth-order valence-corrected chi connectivity index (χ4v) is 1.98. The van der Waals surface area contributed by atoms with Crippen LogP contribution in [0.2, 0.25) is 0 Å². The summed E-state index contributed by atoms with van der Waals surface area (Å²) in [5.41, 5.74) is 17.5. The highest BCUT2D eigenvalue weighted by Gasteiger charge is 2.08. The molecule has 2 aromatic carbocycles. The maximum Gasteiger partial charge on any atom is 0.343 e. The molecule has 0 unspecified atom stereocenters. The van der Waals surface area contributed by atoms with Crippen molar-refractivity contribution in [1.82, 2.24) is 0 Å². The van der Waals surface area contributed by atoms with Gasteiger partial charge in [-0.15, -0.1) is 0 Å². The highest BCUT2D eigenvalue weighted by molar-refractivity contribution is 5.91. The number of hydrogen-bond donors (Lipinski definition) is 4. The Hall–Kier alpha value is -3.88. The molecule has 9 heteroatoms. The molecule has 0 bridgehead atoms. The van der Waals surface area contributed by atoms with Crippen molar-refractivity contribution >= 4 is 29.5 Å². The number of carbonyl (C=O) groups is 3. The molecule has 0 fully saturated rings. The summed E-state index contributed by atoms with van der Waals surface area (Å²) in [5, 5.41) is 7.72. The second-order valence-corrected chi connectivity index (χ2v) is 5.83. The van der Waals surface area contributed by atoms with Gasteiger partial charge in [0.25, 0.3) is 0 Å². The van der Waals surface area contributed by atoms with E-state index >= 15 is 0 Å². The van der Waals surface area contributed by atoms with Gasteiger partial charge in [0.1, 0.15) is 5.75 Å². The standard InChI is InChI=1S/C17H18N4O3.C3H6O2/c18-15(22)10-3-11-1-8-14(9-2-11)24-16(23)12-4-6-13(7-5-12)21-17(19)20;1-2-3(4)5/h1-2,4-9H,3,10H2,(H2,18,22)(H4,19,20,21);2H2,1H3,(H,4,5). The van der Waals surface area contributed by atoms with Crippen molar-refractivity contribution in [3.8, 4) is 5.75 Å². The molecule has 2 rings (SSSR count). The third-order valence-corrected chi connectivity index (χ3v) is 3.46. The summed E-state index contributed by atoms with van der Waals surface area (Å²) in [5.74, 6) is -1.23. The second-order valence-electron chi connectivity index (χ2n) is 5.83. The minimum atomic E-state index is -0.745. The predicted molar refractivity (Wildman–Crippen MR) is 109 cm³/mol. The number of nitrogens with zero attached hydrogens (tertiary/aromatic N) is 1. The highest BCUT2D eigenvalue weighted by atomic mass is 16.5. The molecule has 0 radical (unpaired) electrons. The van der Waals surface area contributed by atoms with Crippen LogP contribution in [0.1, 0.15) is 35.7 Å². The first-order valence-electron chi connectivity index (χ1n) is 8.72. The van der Waals surface area contributed by atoms with Gasteiger partial charge in [0, 0.05) is 12.8 Å². The van der Waals surface area contributed by atoms with Gasteiger partial charge < -0.3 is 27.0 Å². The number of nitrogens with two attached hydrogens (primary N) is 3. The van der Waals surface area contributed by atoms with E-state index in [0.717, 1.165) is 5.56 Å². The van der Waals surface area contributed by atoms with Gasteiger partial charge in [0.05, 0.1) is 11.3 Å². The average molecular weight is 400 g/mol. The molecule has 0 aliphatic carbocycles. The van der Waals surface area contributed by atoms with Crippen LogP contribution in [-0.2, 0) is 16.0 Å². The van der Waals surface area contributed by atoms with Gasteiger partial charge in [-0.25, -0.2) is 9.79 Å². The largest absolute Gasteiger partial charge is 0.481 e. The van der Waals surface area contributed by atoms with Crippen LogP contribution in [0.4, 0.5) is 5.69 Å². The van der Waals surface area contributed by atoms with Crippen molar-refractivity contribution < 1.29 is 24.2 Å². The first kappa shape index (κ1) is 23.2. The smallest absolute Gasteiger partial charge is 0.343 e. The van der Waals surface area contributed by atoms with E-state index in [0.29, 0.717) is 23.4 Å². The van der Waals surface area contributed by atoms with Gasteiger partial charge in [-0.05, 0) is 48.4 Å². The molecule has 154 valence electrons. The molecule has 1 amide bonds. The molecule has 29 heavy (non-hydrogen) atoms. The third kappa shape index (κ3) is 9.57. The minimum absolute atomic E-state index is 0.0539. The maximum absolute atomic E-state index is 12.1. The lowest BCUT2D eigenvalue weighted by molar-refractivity contribution is -0.136. The van der Waals surface area contributed by atoms with Gasteiger partial charge in [-0.2, -0.15) is 0 Å². The molecule has 0 aliphatic heterocycles. The zero-order valence-electron chi connectivity index (χ0n) is 16.0. The number of aliphatic carboxylic acids is 1. The summed E-state index contributed by atoms with van der Waals surface area (Å²) in [6.45, 7) is 1.60. The van der Waals surface area contributed by atoms with Gasteiger partial charge in [-0.1, -0.05) is 19.1 Å². The Labute approximate surface area is 168 Å². The topological polar surface area (TPSA) is 171 Å². The number of hydrogen-bond acceptors (Lipinski definition) is 5.